The number of hydrogen-bond donors (Lipinski definition) is 10. The zero-order chi connectivity index (χ0) is 58.6. The van der Waals surface area contributed by atoms with E-state index in [9.17, 15) is 70.3 Å². The topological polar surface area (TPSA) is 451 Å². The van der Waals surface area contributed by atoms with E-state index in [2.05, 4.69) is 82.3 Å². The van der Waals surface area contributed by atoms with Crippen molar-refractivity contribution in [1.29, 1.82) is 0 Å². The van der Waals surface area contributed by atoms with Gasteiger partial charge in [0.05, 0.1) is 22.7 Å². The SMILES string of the molecule is CC(=O)Nc1cc(Nc2nc(F)nc(NCCCNc3nc(F)nc(Nc4ccc(N=Nc5cc(S(=O)(=O)O)c6cccc(S(=O)(=O)O)c6c5)c(NC(C)=O)c4)n3)n2)ccc1N=Nc1cc(S(=O)(=O)O)c2cccc(S(=O)(=O)O)c2c1.[Na+]. The van der Waals surface area contributed by atoms with Crippen molar-refractivity contribution < 1.29 is 99.8 Å². The van der Waals surface area contributed by atoms with E-state index in [1.807, 2.05) is 0 Å². The van der Waals surface area contributed by atoms with E-state index in [1.54, 1.807) is 0 Å². The Bertz CT molecular complexity index is 4140. The summed E-state index contributed by atoms with van der Waals surface area (Å²) in [6, 6.07) is 18.9. The minimum Gasteiger partial charge on any atom is -0.354 e. The molecule has 420 valence electrons. The van der Waals surface area contributed by atoms with Gasteiger partial charge in [-0.2, -0.15) is 82.6 Å². The van der Waals surface area contributed by atoms with Crippen LogP contribution in [-0.4, -0.2) is 107 Å². The molecule has 0 fully saturated rings. The first-order valence-electron chi connectivity index (χ1n) is 22.6. The molecule has 0 unspecified atom stereocenters. The van der Waals surface area contributed by atoms with Crippen LogP contribution in [0.25, 0.3) is 21.5 Å². The molecule has 6 aromatic carbocycles. The van der Waals surface area contributed by atoms with Crippen LogP contribution in [0.5, 0.6) is 0 Å². The summed E-state index contributed by atoms with van der Waals surface area (Å²) in [6.45, 7) is 2.57. The van der Waals surface area contributed by atoms with Crippen LogP contribution in [0.3, 0.4) is 0 Å². The summed E-state index contributed by atoms with van der Waals surface area (Å²) in [6.07, 6.45) is -2.13. The predicted octanol–water partition coefficient (Wildman–Crippen LogP) is 4.78. The fourth-order valence-electron chi connectivity index (χ4n) is 7.53. The van der Waals surface area contributed by atoms with Crippen molar-refractivity contribution in [3.05, 3.63) is 109 Å². The Balaban J connectivity index is 0.00000968. The van der Waals surface area contributed by atoms with Gasteiger partial charge in [0.1, 0.15) is 31.0 Å². The zero-order valence-electron chi connectivity index (χ0n) is 42.1. The molecule has 30 nitrogen and oxygen atoms in total. The second kappa shape index (κ2) is 24.8. The van der Waals surface area contributed by atoms with Gasteiger partial charge in [-0.05, 0) is 79.2 Å². The fraction of sp³-hybridized carbons (Fsp3) is 0.111. The molecule has 2 heterocycles. The number of fused-ring (bicyclic) bond motifs is 2. The summed E-state index contributed by atoms with van der Waals surface area (Å²) in [5.74, 6) is -2.15. The largest absolute Gasteiger partial charge is 1.00 e. The van der Waals surface area contributed by atoms with Crippen LogP contribution in [-0.2, 0) is 50.1 Å². The number of halogens is 2. The number of aromatic nitrogens is 6. The molecule has 2 aromatic heterocycles. The van der Waals surface area contributed by atoms with E-state index in [4.69, 9.17) is 0 Å². The van der Waals surface area contributed by atoms with Crippen molar-refractivity contribution in [3.8, 4) is 0 Å². The maximum absolute atomic E-state index is 14.7. The average molecular weight is 1220 g/mol. The van der Waals surface area contributed by atoms with Gasteiger partial charge in [0, 0.05) is 59.9 Å². The smallest absolute Gasteiger partial charge is 0.354 e. The molecular weight excluding hydrogens is 1180 g/mol. The van der Waals surface area contributed by atoms with Crippen LogP contribution < -0.4 is 61.5 Å². The minimum absolute atomic E-state index is 0. The number of hydrogen-bond acceptors (Lipinski definition) is 24. The van der Waals surface area contributed by atoms with Gasteiger partial charge in [0.25, 0.3) is 40.5 Å². The Labute approximate surface area is 484 Å². The average Bonchev–Trinajstić information content (AvgIpc) is 3.47. The van der Waals surface area contributed by atoms with Gasteiger partial charge < -0.3 is 31.9 Å². The molecule has 0 aliphatic heterocycles. The number of nitrogens with zero attached hydrogens (tertiary/aromatic N) is 10. The summed E-state index contributed by atoms with van der Waals surface area (Å²) >= 11 is 0. The Hall–Kier alpha value is -8.30. The normalized spacial score (nSPS) is 12.1. The van der Waals surface area contributed by atoms with Gasteiger partial charge in [0.15, 0.2) is 0 Å². The van der Waals surface area contributed by atoms with Crippen LogP contribution in [0, 0.1) is 12.2 Å². The van der Waals surface area contributed by atoms with Crippen molar-refractivity contribution in [2.24, 2.45) is 20.5 Å². The number of amides is 2. The Morgan fingerprint density at radius 2 is 0.829 bits per heavy atom. The third-order valence-corrected chi connectivity index (χ3v) is 14.3. The van der Waals surface area contributed by atoms with E-state index < -0.39 is 84.0 Å². The third kappa shape index (κ3) is 15.6. The third-order valence-electron chi connectivity index (χ3n) is 10.7. The van der Waals surface area contributed by atoms with Gasteiger partial charge >= 0.3 is 41.7 Å². The van der Waals surface area contributed by atoms with E-state index in [0.717, 1.165) is 48.5 Å². The van der Waals surface area contributed by atoms with Gasteiger partial charge in [-0.25, -0.2) is 0 Å². The predicted molar refractivity (Wildman–Crippen MR) is 285 cm³/mol. The molecule has 0 aliphatic rings. The molecule has 0 bridgehead atoms. The first kappa shape index (κ1) is 61.3. The van der Waals surface area contributed by atoms with Crippen LogP contribution in [0.2, 0.25) is 0 Å². The van der Waals surface area contributed by atoms with Crippen LogP contribution >= 0.6 is 0 Å². The van der Waals surface area contributed by atoms with Gasteiger partial charge in [-0.1, -0.05) is 24.3 Å². The van der Waals surface area contributed by atoms with Crippen molar-refractivity contribution >= 4 is 143 Å². The molecule has 0 aliphatic carbocycles. The number of nitrogens with one attached hydrogen (secondary N) is 6. The Morgan fingerprint density at radius 3 is 1.18 bits per heavy atom. The summed E-state index contributed by atoms with van der Waals surface area (Å²) in [7, 11) is -19.7. The van der Waals surface area contributed by atoms with Gasteiger partial charge in [-0.15, -0.1) is 10.2 Å². The fourth-order valence-corrected chi connectivity index (χ4v) is 10.4. The molecular formula is C45H38F2N16NaO14S4+. The zero-order valence-corrected chi connectivity index (χ0v) is 47.4. The molecule has 8 aromatic rings. The van der Waals surface area contributed by atoms with E-state index in [0.29, 0.717) is 0 Å². The number of rotatable bonds is 20. The molecule has 0 saturated heterocycles. The first-order chi connectivity index (χ1) is 38.1. The van der Waals surface area contributed by atoms with Crippen LogP contribution in [0.15, 0.2) is 137 Å². The number of azo groups is 2. The van der Waals surface area contributed by atoms with Crippen molar-refractivity contribution in [2.75, 3.05) is 45.0 Å². The van der Waals surface area contributed by atoms with E-state index in [-0.39, 0.29) is 140 Å². The molecule has 10 N–H and O–H groups in total. The number of carbonyl (C=O) groups is 2. The van der Waals surface area contributed by atoms with Crippen molar-refractivity contribution in [1.82, 2.24) is 29.9 Å². The number of anilines is 8. The molecule has 37 heteroatoms. The van der Waals surface area contributed by atoms with E-state index >= 15 is 0 Å². The van der Waals surface area contributed by atoms with Crippen LogP contribution in [0.4, 0.5) is 78.1 Å². The summed E-state index contributed by atoms with van der Waals surface area (Å²) < 4.78 is 166. The molecule has 2 amide bonds. The van der Waals surface area contributed by atoms with Crippen LogP contribution in [0.1, 0.15) is 20.3 Å². The van der Waals surface area contributed by atoms with Crippen molar-refractivity contribution in [3.63, 3.8) is 0 Å². The molecule has 82 heavy (non-hydrogen) atoms. The molecule has 0 saturated carbocycles. The van der Waals surface area contributed by atoms with Gasteiger partial charge in [0.2, 0.25) is 35.6 Å². The standard InChI is InChI=1S/C45H38F2N16O14S4.Na/c1-22(64)50-34-18-24(10-12-32(34)62-60-26-16-30-28(38(20-26)80(72,73)74)6-3-8-36(30)78(66,67)68)52-44-56-40(46)54-42(58-44)48-14-5-15-49-43-55-41(47)57-45(59-43)53-25-11-13-33(35(19-25)51-23(2)65)63-61-27-17-31-29(39(21-27)81(75,76)77)7-4-9-37(31)79(69,70)71;/h3-4,6-13,16-21H,5,14-15H2,1-2H3,(H,50,64)(H,51,65)(H,66,67,68)(H,69,70,71)(H,72,73,74)(H,75,76,77)(H2,48,52,54,56,58)(H2,49,53,55,57,59);/q;+1. The Morgan fingerprint density at radius 1 is 0.463 bits per heavy atom. The second-order valence-corrected chi connectivity index (χ2v) is 22.2. The first-order valence-corrected chi connectivity index (χ1v) is 28.4. The molecule has 0 atom stereocenters. The summed E-state index contributed by atoms with van der Waals surface area (Å²) in [4.78, 5) is 44.4. The molecule has 8 rings (SSSR count). The van der Waals surface area contributed by atoms with Crippen molar-refractivity contribution in [2.45, 2.75) is 39.9 Å². The van der Waals surface area contributed by atoms with E-state index in [1.165, 1.54) is 62.4 Å². The Kier molecular flexibility index (Phi) is 18.6. The molecule has 0 radical (unpaired) electrons. The minimum atomic E-state index is -4.96. The molecule has 0 spiro atoms. The monoisotopic (exact) mass is 1220 g/mol. The summed E-state index contributed by atoms with van der Waals surface area (Å²) in [5.41, 5.74) is -0.185. The number of benzene rings is 6. The second-order valence-electron chi connectivity index (χ2n) is 16.7. The number of carbonyl (C=O) groups excluding carboxylic acids is 2. The maximum Gasteiger partial charge on any atom is 1.00 e. The maximum atomic E-state index is 14.7. The summed E-state index contributed by atoms with van der Waals surface area (Å²) in [5, 5.41) is 31.3. The quantitative estimate of drug-likeness (QED) is 0.0212. The van der Waals surface area contributed by atoms with Gasteiger partial charge in [-0.3, -0.25) is 27.8 Å².